The van der Waals surface area contributed by atoms with Gasteiger partial charge >= 0.3 is 0 Å². The van der Waals surface area contributed by atoms with Crippen molar-refractivity contribution in [1.82, 2.24) is 5.32 Å². The van der Waals surface area contributed by atoms with Crippen molar-refractivity contribution >= 4 is 29.3 Å². The number of carbonyl (C=O) groups excluding carboxylic acids is 2. The number of benzene rings is 1. The van der Waals surface area contributed by atoms with Gasteiger partial charge in [-0.25, -0.2) is 0 Å². The average molecular weight is 307 g/mol. The summed E-state index contributed by atoms with van der Waals surface area (Å²) >= 11 is 1.72. The summed E-state index contributed by atoms with van der Waals surface area (Å²) in [5, 5.41) is 6.76. The van der Waals surface area contributed by atoms with Gasteiger partial charge in [-0.2, -0.15) is 0 Å². The van der Waals surface area contributed by atoms with Crippen molar-refractivity contribution in [2.75, 3.05) is 24.2 Å². The lowest BCUT2D eigenvalue weighted by atomic mass is 10.1. The lowest BCUT2D eigenvalue weighted by molar-refractivity contribution is -0.117. The molecule has 0 aliphatic carbocycles. The van der Waals surface area contributed by atoms with E-state index in [1.54, 1.807) is 36.0 Å². The molecule has 0 saturated carbocycles. The van der Waals surface area contributed by atoms with Crippen molar-refractivity contribution in [2.24, 2.45) is 5.73 Å². The summed E-state index contributed by atoms with van der Waals surface area (Å²) in [6, 6.07) is 7.21. The second-order valence-electron chi connectivity index (χ2n) is 5.15. The second kappa shape index (κ2) is 8.05. The lowest BCUT2D eigenvalue weighted by Crippen LogP contribution is -2.30. The first-order valence-corrected chi connectivity index (χ1v) is 8.18. The zero-order valence-electron chi connectivity index (χ0n) is 11.9. The highest BCUT2D eigenvalue weighted by molar-refractivity contribution is 8.00. The smallest absolute Gasteiger partial charge is 0.234 e. The number of hydrogen-bond acceptors (Lipinski definition) is 4. The highest BCUT2D eigenvalue weighted by Gasteiger charge is 2.14. The van der Waals surface area contributed by atoms with Gasteiger partial charge in [0, 0.05) is 10.9 Å². The van der Waals surface area contributed by atoms with E-state index in [1.807, 2.05) is 0 Å². The molecule has 114 valence electrons. The zero-order chi connectivity index (χ0) is 15.1. The van der Waals surface area contributed by atoms with Crippen molar-refractivity contribution in [1.29, 1.82) is 0 Å². The first-order valence-electron chi connectivity index (χ1n) is 7.13. The van der Waals surface area contributed by atoms with Crippen LogP contribution in [0.2, 0.25) is 0 Å². The maximum Gasteiger partial charge on any atom is 0.234 e. The maximum absolute atomic E-state index is 11.9. The number of primary amides is 1. The Bertz CT molecular complexity index is 484. The van der Waals surface area contributed by atoms with E-state index in [2.05, 4.69) is 10.6 Å². The summed E-state index contributed by atoms with van der Waals surface area (Å²) < 4.78 is 0. The van der Waals surface area contributed by atoms with Crippen molar-refractivity contribution in [3.8, 4) is 0 Å². The Morgan fingerprint density at radius 1 is 1.24 bits per heavy atom. The molecule has 0 bridgehead atoms. The van der Waals surface area contributed by atoms with Gasteiger partial charge in [0.2, 0.25) is 11.8 Å². The van der Waals surface area contributed by atoms with E-state index in [4.69, 9.17) is 5.73 Å². The summed E-state index contributed by atoms with van der Waals surface area (Å²) in [5.41, 5.74) is 6.74. The van der Waals surface area contributed by atoms with Gasteiger partial charge in [0.15, 0.2) is 0 Å². The third kappa shape index (κ3) is 5.77. The topological polar surface area (TPSA) is 84.2 Å². The highest BCUT2D eigenvalue weighted by atomic mass is 32.2. The molecule has 2 rings (SSSR count). The lowest BCUT2D eigenvalue weighted by Gasteiger charge is -2.21. The monoisotopic (exact) mass is 307 g/mol. The molecule has 1 aliphatic heterocycles. The predicted molar refractivity (Wildman–Crippen MR) is 86.3 cm³/mol. The molecule has 0 spiro atoms. The van der Waals surface area contributed by atoms with Gasteiger partial charge in [-0.05, 0) is 43.6 Å². The van der Waals surface area contributed by atoms with Crippen molar-refractivity contribution in [3.05, 3.63) is 29.8 Å². The fourth-order valence-corrected chi connectivity index (χ4v) is 3.29. The minimum atomic E-state index is -0.356. The maximum atomic E-state index is 11.9. The first-order chi connectivity index (χ1) is 10.1. The molecule has 1 aromatic carbocycles. The second-order valence-corrected chi connectivity index (χ2v) is 6.44. The van der Waals surface area contributed by atoms with Gasteiger partial charge in [-0.15, -0.1) is 11.8 Å². The number of anilines is 1. The molecular weight excluding hydrogens is 286 g/mol. The van der Waals surface area contributed by atoms with Crippen LogP contribution in [0.25, 0.3) is 0 Å². The summed E-state index contributed by atoms with van der Waals surface area (Å²) in [7, 11) is 0. The highest BCUT2D eigenvalue weighted by Crippen LogP contribution is 2.20. The van der Waals surface area contributed by atoms with Crippen LogP contribution in [0, 0.1) is 0 Å². The number of hydrogen-bond donors (Lipinski definition) is 3. The van der Waals surface area contributed by atoms with E-state index in [1.165, 1.54) is 0 Å². The fourth-order valence-electron chi connectivity index (χ4n) is 2.26. The molecule has 21 heavy (non-hydrogen) atoms. The molecule has 1 fully saturated rings. The number of rotatable bonds is 6. The predicted octanol–water partition coefficient (Wildman–Crippen LogP) is 1.14. The Labute approximate surface area is 129 Å². The van der Waals surface area contributed by atoms with Gasteiger partial charge in [-0.1, -0.05) is 12.1 Å². The van der Waals surface area contributed by atoms with Crippen molar-refractivity contribution in [2.45, 2.75) is 24.5 Å². The minimum absolute atomic E-state index is 0.0150. The summed E-state index contributed by atoms with van der Waals surface area (Å²) in [4.78, 5) is 22.7. The molecule has 1 heterocycles. The Balaban J connectivity index is 1.75. The largest absolute Gasteiger partial charge is 0.369 e. The molecule has 1 aliphatic rings. The molecule has 1 saturated heterocycles. The number of carbonyl (C=O) groups is 2. The Morgan fingerprint density at radius 2 is 1.90 bits per heavy atom. The van der Waals surface area contributed by atoms with Crippen LogP contribution < -0.4 is 16.4 Å². The Hall–Kier alpha value is -1.53. The molecule has 0 atom stereocenters. The first kappa shape index (κ1) is 15.9. The molecule has 1 aromatic rings. The molecular formula is C15H21N3O2S. The molecule has 0 unspecified atom stereocenters. The van der Waals surface area contributed by atoms with Gasteiger partial charge in [-0.3, -0.25) is 9.59 Å². The van der Waals surface area contributed by atoms with Crippen LogP contribution in [0.4, 0.5) is 5.69 Å². The molecule has 5 nitrogen and oxygen atoms in total. The van der Waals surface area contributed by atoms with Gasteiger partial charge in [0.05, 0.1) is 12.2 Å². The minimum Gasteiger partial charge on any atom is -0.369 e. The van der Waals surface area contributed by atoms with Crippen LogP contribution in [-0.4, -0.2) is 35.9 Å². The summed E-state index contributed by atoms with van der Waals surface area (Å²) in [6.45, 7) is 2.08. The number of amides is 2. The number of nitrogens with two attached hydrogens (primary N) is 1. The van der Waals surface area contributed by atoms with E-state index >= 15 is 0 Å². The van der Waals surface area contributed by atoms with E-state index in [9.17, 15) is 9.59 Å². The van der Waals surface area contributed by atoms with Crippen LogP contribution in [0.3, 0.4) is 0 Å². The normalized spacial score (nSPS) is 15.6. The van der Waals surface area contributed by atoms with Gasteiger partial charge < -0.3 is 16.4 Å². The van der Waals surface area contributed by atoms with E-state index in [0.29, 0.717) is 11.0 Å². The van der Waals surface area contributed by atoms with Crippen LogP contribution in [0.1, 0.15) is 18.4 Å². The van der Waals surface area contributed by atoms with E-state index in [-0.39, 0.29) is 18.2 Å². The third-order valence-corrected chi connectivity index (χ3v) is 4.72. The molecule has 0 aromatic heterocycles. The molecule has 0 radical (unpaired) electrons. The van der Waals surface area contributed by atoms with Crippen LogP contribution in [0.5, 0.6) is 0 Å². The summed E-state index contributed by atoms with van der Waals surface area (Å²) in [6.07, 6.45) is 2.47. The molecule has 6 heteroatoms. The number of piperidine rings is 1. The quantitative estimate of drug-likeness (QED) is 0.736. The van der Waals surface area contributed by atoms with E-state index in [0.717, 1.165) is 37.2 Å². The third-order valence-electron chi connectivity index (χ3n) is 3.35. The van der Waals surface area contributed by atoms with Crippen LogP contribution >= 0.6 is 11.8 Å². The van der Waals surface area contributed by atoms with Crippen LogP contribution in [-0.2, 0) is 16.0 Å². The Morgan fingerprint density at radius 3 is 2.52 bits per heavy atom. The molecule has 4 N–H and O–H groups in total. The van der Waals surface area contributed by atoms with Gasteiger partial charge in [0.1, 0.15) is 0 Å². The zero-order valence-corrected chi connectivity index (χ0v) is 12.7. The van der Waals surface area contributed by atoms with Crippen molar-refractivity contribution < 1.29 is 9.59 Å². The standard InChI is InChI=1S/C15H21N3O2S/c16-14(19)9-11-1-3-12(4-2-11)18-15(20)10-21-13-5-7-17-8-6-13/h1-4,13,17H,5-10H2,(H2,16,19)(H,18,20). The van der Waals surface area contributed by atoms with Crippen molar-refractivity contribution in [3.63, 3.8) is 0 Å². The van der Waals surface area contributed by atoms with E-state index < -0.39 is 0 Å². The number of thioether (sulfide) groups is 1. The average Bonchev–Trinajstić information content (AvgIpc) is 2.48. The molecule has 2 amide bonds. The van der Waals surface area contributed by atoms with Gasteiger partial charge in [0.25, 0.3) is 0 Å². The Kier molecular flexibility index (Phi) is 6.07. The van der Waals surface area contributed by atoms with Crippen LogP contribution in [0.15, 0.2) is 24.3 Å². The fraction of sp³-hybridized carbons (Fsp3) is 0.467. The summed E-state index contributed by atoms with van der Waals surface area (Å²) in [5.74, 6) is 0.139. The SMILES string of the molecule is NC(=O)Cc1ccc(NC(=O)CSC2CCNCC2)cc1. The number of nitrogens with one attached hydrogen (secondary N) is 2.